The molecule has 0 aliphatic rings. The van der Waals surface area contributed by atoms with Gasteiger partial charge in [0.05, 0.1) is 29.5 Å². The van der Waals surface area contributed by atoms with Crippen LogP contribution in [0.15, 0.2) is 61.2 Å². The number of carbonyl (C=O) groups is 1. The van der Waals surface area contributed by atoms with Crippen LogP contribution in [0.3, 0.4) is 0 Å². The molecule has 3 N–H and O–H groups in total. The Morgan fingerprint density at radius 2 is 2.07 bits per heavy atom. The first-order chi connectivity index (χ1) is 13.5. The van der Waals surface area contributed by atoms with Crippen LogP contribution in [0.5, 0.6) is 0 Å². The van der Waals surface area contributed by atoms with E-state index in [0.29, 0.717) is 22.7 Å². The van der Waals surface area contributed by atoms with Gasteiger partial charge >= 0.3 is 0 Å². The van der Waals surface area contributed by atoms with Crippen LogP contribution in [-0.2, 0) is 0 Å². The van der Waals surface area contributed by atoms with E-state index in [9.17, 15) is 9.18 Å². The van der Waals surface area contributed by atoms with Crippen molar-refractivity contribution in [3.8, 4) is 5.82 Å². The van der Waals surface area contributed by atoms with Crippen molar-refractivity contribution in [2.75, 3.05) is 5.32 Å². The summed E-state index contributed by atoms with van der Waals surface area (Å²) < 4.78 is 15.2. The first-order valence-corrected chi connectivity index (χ1v) is 8.62. The molecule has 1 atom stereocenters. The molecule has 0 aliphatic carbocycles. The molecule has 0 spiro atoms. The second-order valence-electron chi connectivity index (χ2n) is 6.37. The molecule has 4 aromatic rings. The van der Waals surface area contributed by atoms with Crippen LogP contribution in [0.1, 0.15) is 28.9 Å². The van der Waals surface area contributed by atoms with Crippen LogP contribution >= 0.6 is 0 Å². The standard InChI is InChI=1S/C20H17FN6O/c1-12(13-3-2-4-15(21)7-13)25-18-9-23-10-19(26-18)27-11-24-16-8-14(20(22)28)5-6-17(16)27/h2-12H,1H3,(H2,22,28)(H,25,26). The number of rotatable bonds is 5. The molecule has 0 aliphatic heterocycles. The van der Waals surface area contributed by atoms with Crippen molar-refractivity contribution < 1.29 is 9.18 Å². The Morgan fingerprint density at radius 3 is 2.86 bits per heavy atom. The van der Waals surface area contributed by atoms with Gasteiger partial charge in [0.2, 0.25) is 5.91 Å². The van der Waals surface area contributed by atoms with Gasteiger partial charge in [-0.15, -0.1) is 0 Å². The molecule has 2 heterocycles. The molecule has 4 rings (SSSR count). The van der Waals surface area contributed by atoms with E-state index >= 15 is 0 Å². The number of imidazole rings is 1. The van der Waals surface area contributed by atoms with Crippen LogP contribution in [0, 0.1) is 5.82 Å². The minimum Gasteiger partial charge on any atom is -0.366 e. The number of hydrogen-bond donors (Lipinski definition) is 2. The monoisotopic (exact) mass is 376 g/mol. The molecule has 2 aromatic carbocycles. The molecule has 0 saturated heterocycles. The lowest BCUT2D eigenvalue weighted by atomic mass is 10.1. The summed E-state index contributed by atoms with van der Waals surface area (Å²) in [6, 6.07) is 11.3. The van der Waals surface area contributed by atoms with Gasteiger partial charge in [-0.05, 0) is 42.8 Å². The van der Waals surface area contributed by atoms with Crippen molar-refractivity contribution in [2.45, 2.75) is 13.0 Å². The molecule has 0 radical (unpaired) electrons. The van der Waals surface area contributed by atoms with Crippen molar-refractivity contribution >= 4 is 22.8 Å². The zero-order valence-corrected chi connectivity index (χ0v) is 15.0. The lowest BCUT2D eigenvalue weighted by molar-refractivity contribution is 0.100. The lowest BCUT2D eigenvalue weighted by Crippen LogP contribution is -2.10. The van der Waals surface area contributed by atoms with Gasteiger partial charge in [-0.1, -0.05) is 12.1 Å². The van der Waals surface area contributed by atoms with Gasteiger partial charge in [0, 0.05) is 5.56 Å². The Morgan fingerprint density at radius 1 is 1.21 bits per heavy atom. The summed E-state index contributed by atoms with van der Waals surface area (Å²) in [5.41, 5.74) is 7.92. The highest BCUT2D eigenvalue weighted by Gasteiger charge is 2.11. The quantitative estimate of drug-likeness (QED) is 0.557. The molecule has 7 nitrogen and oxygen atoms in total. The number of fused-ring (bicyclic) bond motifs is 1. The smallest absolute Gasteiger partial charge is 0.248 e. The van der Waals surface area contributed by atoms with Crippen molar-refractivity contribution in [3.05, 3.63) is 78.1 Å². The number of halogens is 1. The topological polar surface area (TPSA) is 98.7 Å². The molecule has 140 valence electrons. The van der Waals surface area contributed by atoms with E-state index in [4.69, 9.17) is 5.73 Å². The molecular formula is C20H17FN6O. The van der Waals surface area contributed by atoms with Gasteiger partial charge in [0.1, 0.15) is 18.0 Å². The average molecular weight is 376 g/mol. The predicted octanol–water partition coefficient (Wildman–Crippen LogP) is 3.23. The number of nitrogens with two attached hydrogens (primary N) is 1. The Kier molecular flexibility index (Phi) is 4.44. The summed E-state index contributed by atoms with van der Waals surface area (Å²) >= 11 is 0. The lowest BCUT2D eigenvalue weighted by Gasteiger charge is -2.15. The van der Waals surface area contributed by atoms with Crippen LogP contribution < -0.4 is 11.1 Å². The maximum absolute atomic E-state index is 13.4. The fourth-order valence-electron chi connectivity index (χ4n) is 2.97. The number of aromatic nitrogens is 4. The Balaban J connectivity index is 1.64. The van der Waals surface area contributed by atoms with E-state index in [2.05, 4.69) is 20.3 Å². The fraction of sp³-hybridized carbons (Fsp3) is 0.100. The first kappa shape index (κ1) is 17.6. The summed E-state index contributed by atoms with van der Waals surface area (Å²) in [6.45, 7) is 1.92. The summed E-state index contributed by atoms with van der Waals surface area (Å²) in [4.78, 5) is 24.5. The van der Waals surface area contributed by atoms with Crippen molar-refractivity contribution in [3.63, 3.8) is 0 Å². The van der Waals surface area contributed by atoms with E-state index < -0.39 is 5.91 Å². The average Bonchev–Trinajstić information content (AvgIpc) is 3.11. The van der Waals surface area contributed by atoms with Gasteiger partial charge < -0.3 is 11.1 Å². The SMILES string of the molecule is CC(Nc1cncc(-n2cnc3cc(C(N)=O)ccc32)n1)c1cccc(F)c1. The third kappa shape index (κ3) is 3.39. The second kappa shape index (κ2) is 7.07. The van der Waals surface area contributed by atoms with E-state index in [-0.39, 0.29) is 11.9 Å². The Bertz CT molecular complexity index is 1170. The molecule has 0 fully saturated rings. The van der Waals surface area contributed by atoms with E-state index in [1.165, 1.54) is 12.1 Å². The Hall–Kier alpha value is -3.81. The first-order valence-electron chi connectivity index (χ1n) is 8.62. The highest BCUT2D eigenvalue weighted by atomic mass is 19.1. The van der Waals surface area contributed by atoms with Gasteiger partial charge in [-0.3, -0.25) is 14.3 Å². The zero-order valence-electron chi connectivity index (χ0n) is 15.0. The highest BCUT2D eigenvalue weighted by molar-refractivity contribution is 5.96. The Labute approximate surface area is 160 Å². The largest absolute Gasteiger partial charge is 0.366 e. The number of primary amides is 1. The number of benzene rings is 2. The van der Waals surface area contributed by atoms with Gasteiger partial charge in [-0.2, -0.15) is 0 Å². The third-order valence-corrected chi connectivity index (χ3v) is 4.41. The number of amides is 1. The fourth-order valence-corrected chi connectivity index (χ4v) is 2.97. The molecule has 0 saturated carbocycles. The van der Waals surface area contributed by atoms with Gasteiger partial charge in [0.25, 0.3) is 0 Å². The maximum atomic E-state index is 13.4. The summed E-state index contributed by atoms with van der Waals surface area (Å²) in [5.74, 6) is 0.315. The molecule has 1 amide bonds. The maximum Gasteiger partial charge on any atom is 0.248 e. The summed E-state index contributed by atoms with van der Waals surface area (Å²) in [7, 11) is 0. The van der Waals surface area contributed by atoms with E-state index in [1.807, 2.05) is 13.0 Å². The minimum atomic E-state index is -0.506. The molecular weight excluding hydrogens is 359 g/mol. The molecule has 1 unspecified atom stereocenters. The highest BCUT2D eigenvalue weighted by Crippen LogP contribution is 2.21. The number of hydrogen-bond acceptors (Lipinski definition) is 5. The van der Waals surface area contributed by atoms with Gasteiger partial charge in [-0.25, -0.2) is 14.4 Å². The van der Waals surface area contributed by atoms with E-state index in [1.54, 1.807) is 47.6 Å². The van der Waals surface area contributed by atoms with Crippen LogP contribution in [0.4, 0.5) is 10.2 Å². The van der Waals surface area contributed by atoms with Crippen molar-refractivity contribution in [2.24, 2.45) is 5.73 Å². The minimum absolute atomic E-state index is 0.155. The molecule has 8 heteroatoms. The second-order valence-corrected chi connectivity index (χ2v) is 6.37. The number of anilines is 1. The van der Waals surface area contributed by atoms with Crippen LogP contribution in [0.2, 0.25) is 0 Å². The zero-order chi connectivity index (χ0) is 19.7. The van der Waals surface area contributed by atoms with Crippen LogP contribution in [0.25, 0.3) is 16.9 Å². The van der Waals surface area contributed by atoms with Crippen molar-refractivity contribution in [1.82, 2.24) is 19.5 Å². The van der Waals surface area contributed by atoms with E-state index in [0.717, 1.165) is 11.1 Å². The molecule has 0 bridgehead atoms. The molecule has 28 heavy (non-hydrogen) atoms. The van der Waals surface area contributed by atoms with Gasteiger partial charge in [0.15, 0.2) is 5.82 Å². The summed E-state index contributed by atoms with van der Waals surface area (Å²) in [6.07, 6.45) is 4.82. The van der Waals surface area contributed by atoms with Crippen molar-refractivity contribution in [1.29, 1.82) is 0 Å². The molecule has 2 aromatic heterocycles. The summed E-state index contributed by atoms with van der Waals surface area (Å²) in [5, 5.41) is 3.22. The predicted molar refractivity (Wildman–Crippen MR) is 104 cm³/mol. The normalized spacial score (nSPS) is 12.1. The number of carbonyl (C=O) groups excluding carboxylic acids is 1. The number of nitrogens with zero attached hydrogens (tertiary/aromatic N) is 4. The van der Waals surface area contributed by atoms with Crippen LogP contribution in [-0.4, -0.2) is 25.4 Å². The number of nitrogens with one attached hydrogen (secondary N) is 1. The third-order valence-electron chi connectivity index (χ3n) is 4.41.